The lowest BCUT2D eigenvalue weighted by molar-refractivity contribution is -0.385. The van der Waals surface area contributed by atoms with Gasteiger partial charge in [0.2, 0.25) is 0 Å². The van der Waals surface area contributed by atoms with Gasteiger partial charge in [0.15, 0.2) is 0 Å². The van der Waals surface area contributed by atoms with E-state index in [1.807, 2.05) is 0 Å². The molecule has 136 valence electrons. The fourth-order valence-corrected chi connectivity index (χ4v) is 3.48. The smallest absolute Gasteiger partial charge is 0.343 e. The number of aryl methyl sites for hydroxylation is 2. The summed E-state index contributed by atoms with van der Waals surface area (Å²) in [5, 5.41) is 11.7. The molecule has 1 aromatic heterocycles. The third-order valence-electron chi connectivity index (χ3n) is 4.78. The van der Waals surface area contributed by atoms with Crippen LogP contribution in [0.4, 0.5) is 5.69 Å². The Morgan fingerprint density at radius 1 is 1.15 bits per heavy atom. The first-order valence-corrected chi connectivity index (χ1v) is 8.50. The standard InChI is InChI=1S/C20H15NO6/c1-11-9-12(5-8-17(11)21(24)25)19(22)26-13-6-7-15-14-3-2-4-16(14)20(23)27-18(15)10-13/h5-10H,2-4H2,1H3. The first kappa shape index (κ1) is 17.0. The van der Waals surface area contributed by atoms with Crippen molar-refractivity contribution < 1.29 is 18.9 Å². The van der Waals surface area contributed by atoms with Gasteiger partial charge < -0.3 is 9.15 Å². The Labute approximate surface area is 153 Å². The number of esters is 1. The van der Waals surface area contributed by atoms with Crippen molar-refractivity contribution in [2.75, 3.05) is 0 Å². The molecule has 27 heavy (non-hydrogen) atoms. The maximum atomic E-state index is 12.4. The van der Waals surface area contributed by atoms with Gasteiger partial charge >= 0.3 is 11.6 Å². The molecular weight excluding hydrogens is 350 g/mol. The topological polar surface area (TPSA) is 99.7 Å². The van der Waals surface area contributed by atoms with Crippen LogP contribution in [-0.2, 0) is 12.8 Å². The third kappa shape index (κ3) is 2.97. The monoisotopic (exact) mass is 365 g/mol. The van der Waals surface area contributed by atoms with Gasteiger partial charge in [-0.3, -0.25) is 10.1 Å². The molecule has 1 aliphatic rings. The summed E-state index contributed by atoms with van der Waals surface area (Å²) < 4.78 is 10.7. The van der Waals surface area contributed by atoms with Gasteiger partial charge in [-0.1, -0.05) is 0 Å². The van der Waals surface area contributed by atoms with Gasteiger partial charge in [-0.05, 0) is 56.0 Å². The summed E-state index contributed by atoms with van der Waals surface area (Å²) >= 11 is 0. The van der Waals surface area contributed by atoms with Crippen LogP contribution in [0.3, 0.4) is 0 Å². The van der Waals surface area contributed by atoms with Crippen molar-refractivity contribution >= 4 is 22.6 Å². The number of nitro benzene ring substituents is 1. The van der Waals surface area contributed by atoms with E-state index in [-0.39, 0.29) is 22.6 Å². The normalized spacial score (nSPS) is 12.8. The molecule has 0 aliphatic heterocycles. The van der Waals surface area contributed by atoms with E-state index in [9.17, 15) is 19.7 Å². The lowest BCUT2D eigenvalue weighted by Crippen LogP contribution is -2.10. The number of hydrogen-bond donors (Lipinski definition) is 0. The lowest BCUT2D eigenvalue weighted by Gasteiger charge is -2.08. The molecule has 0 spiro atoms. The molecule has 7 heteroatoms. The highest BCUT2D eigenvalue weighted by Crippen LogP contribution is 2.30. The minimum absolute atomic E-state index is 0.0621. The Balaban J connectivity index is 1.65. The van der Waals surface area contributed by atoms with E-state index in [0.717, 1.165) is 35.8 Å². The number of rotatable bonds is 3. The summed E-state index contributed by atoms with van der Waals surface area (Å²) in [6, 6.07) is 8.99. The number of hydrogen-bond acceptors (Lipinski definition) is 6. The van der Waals surface area contributed by atoms with Crippen molar-refractivity contribution in [3.8, 4) is 5.75 Å². The van der Waals surface area contributed by atoms with E-state index in [1.165, 1.54) is 24.3 Å². The van der Waals surface area contributed by atoms with Crippen LogP contribution in [0.15, 0.2) is 45.6 Å². The van der Waals surface area contributed by atoms with E-state index in [0.29, 0.717) is 11.1 Å². The largest absolute Gasteiger partial charge is 0.423 e. The third-order valence-corrected chi connectivity index (χ3v) is 4.78. The van der Waals surface area contributed by atoms with Gasteiger partial charge in [-0.2, -0.15) is 0 Å². The summed E-state index contributed by atoms with van der Waals surface area (Å²) in [5.41, 5.74) is 2.28. The van der Waals surface area contributed by atoms with Crippen LogP contribution in [-0.4, -0.2) is 10.9 Å². The second kappa shape index (κ2) is 6.35. The molecule has 0 fully saturated rings. The molecule has 0 radical (unpaired) electrons. The van der Waals surface area contributed by atoms with Crippen molar-refractivity contribution in [2.24, 2.45) is 0 Å². The first-order chi connectivity index (χ1) is 12.9. The molecular formula is C20H15NO6. The second-order valence-electron chi connectivity index (χ2n) is 6.51. The van der Waals surface area contributed by atoms with Gasteiger partial charge in [0.1, 0.15) is 11.3 Å². The van der Waals surface area contributed by atoms with E-state index < -0.39 is 10.9 Å². The van der Waals surface area contributed by atoms with Gasteiger partial charge in [0, 0.05) is 28.6 Å². The average Bonchev–Trinajstić information content (AvgIpc) is 3.12. The fraction of sp³-hybridized carbons (Fsp3) is 0.200. The van der Waals surface area contributed by atoms with Crippen LogP contribution in [0.5, 0.6) is 5.75 Å². The summed E-state index contributed by atoms with van der Waals surface area (Å²) in [6.07, 6.45) is 2.48. The summed E-state index contributed by atoms with van der Waals surface area (Å²) in [6.45, 7) is 1.56. The van der Waals surface area contributed by atoms with Crippen LogP contribution >= 0.6 is 0 Å². The van der Waals surface area contributed by atoms with Crippen LogP contribution in [0.2, 0.25) is 0 Å². The number of nitrogens with zero attached hydrogens (tertiary/aromatic N) is 1. The molecule has 2 aromatic carbocycles. The zero-order chi connectivity index (χ0) is 19.1. The minimum Gasteiger partial charge on any atom is -0.423 e. The van der Waals surface area contributed by atoms with Gasteiger partial charge in [0.25, 0.3) is 5.69 Å². The summed E-state index contributed by atoms with van der Waals surface area (Å²) in [5.74, 6) is -0.402. The molecule has 4 rings (SSSR count). The van der Waals surface area contributed by atoms with Crippen LogP contribution in [0.25, 0.3) is 11.0 Å². The van der Waals surface area contributed by atoms with Crippen molar-refractivity contribution in [3.05, 3.63) is 79.2 Å². The van der Waals surface area contributed by atoms with E-state index in [4.69, 9.17) is 9.15 Å². The Morgan fingerprint density at radius 2 is 1.93 bits per heavy atom. The first-order valence-electron chi connectivity index (χ1n) is 8.50. The SMILES string of the molecule is Cc1cc(C(=O)Oc2ccc3c4c(c(=O)oc3c2)CCC4)ccc1[N+](=O)[O-]. The molecule has 0 saturated carbocycles. The van der Waals surface area contributed by atoms with Crippen LogP contribution < -0.4 is 10.4 Å². The number of benzene rings is 2. The molecule has 1 aliphatic carbocycles. The summed E-state index contributed by atoms with van der Waals surface area (Å²) in [7, 11) is 0. The molecule has 0 bridgehead atoms. The van der Waals surface area contributed by atoms with Crippen LogP contribution in [0, 0.1) is 17.0 Å². The number of carbonyl (C=O) groups excluding carboxylic acids is 1. The van der Waals surface area contributed by atoms with Gasteiger partial charge in [-0.25, -0.2) is 9.59 Å². The highest BCUT2D eigenvalue weighted by molar-refractivity contribution is 5.92. The quantitative estimate of drug-likeness (QED) is 0.231. The predicted octanol–water partition coefficient (Wildman–Crippen LogP) is 3.72. The molecule has 0 saturated heterocycles. The average molecular weight is 365 g/mol. The highest BCUT2D eigenvalue weighted by Gasteiger charge is 2.20. The Morgan fingerprint density at radius 3 is 2.67 bits per heavy atom. The van der Waals surface area contributed by atoms with Crippen molar-refractivity contribution in [2.45, 2.75) is 26.2 Å². The maximum absolute atomic E-state index is 12.4. The second-order valence-corrected chi connectivity index (χ2v) is 6.51. The van der Waals surface area contributed by atoms with Crippen molar-refractivity contribution in [1.29, 1.82) is 0 Å². The van der Waals surface area contributed by atoms with E-state index in [1.54, 1.807) is 19.1 Å². The van der Waals surface area contributed by atoms with Crippen molar-refractivity contribution in [1.82, 2.24) is 0 Å². The molecule has 0 atom stereocenters. The molecule has 7 nitrogen and oxygen atoms in total. The molecule has 0 amide bonds. The Bertz CT molecular complexity index is 1160. The Hall–Kier alpha value is -3.48. The van der Waals surface area contributed by atoms with Gasteiger partial charge in [-0.15, -0.1) is 0 Å². The molecule has 3 aromatic rings. The highest BCUT2D eigenvalue weighted by atomic mass is 16.6. The Kier molecular flexibility index (Phi) is 3.99. The van der Waals surface area contributed by atoms with Gasteiger partial charge in [0.05, 0.1) is 10.5 Å². The lowest BCUT2D eigenvalue weighted by atomic mass is 10.1. The number of nitro groups is 1. The zero-order valence-electron chi connectivity index (χ0n) is 14.5. The number of ether oxygens (including phenoxy) is 1. The van der Waals surface area contributed by atoms with E-state index in [2.05, 4.69) is 0 Å². The van der Waals surface area contributed by atoms with Crippen LogP contribution in [0.1, 0.15) is 33.5 Å². The number of carbonyl (C=O) groups is 1. The maximum Gasteiger partial charge on any atom is 0.343 e. The fourth-order valence-electron chi connectivity index (χ4n) is 3.48. The number of fused-ring (bicyclic) bond motifs is 3. The predicted molar refractivity (Wildman–Crippen MR) is 97.3 cm³/mol. The van der Waals surface area contributed by atoms with E-state index >= 15 is 0 Å². The summed E-state index contributed by atoms with van der Waals surface area (Å²) in [4.78, 5) is 34.8. The molecule has 0 unspecified atom stereocenters. The molecule has 0 N–H and O–H groups in total. The molecule has 1 heterocycles. The van der Waals surface area contributed by atoms with Crippen molar-refractivity contribution in [3.63, 3.8) is 0 Å². The zero-order valence-corrected chi connectivity index (χ0v) is 14.5. The minimum atomic E-state index is -0.643.